The number of rotatable bonds is 5. The van der Waals surface area contributed by atoms with E-state index in [-0.39, 0.29) is 17.2 Å². The summed E-state index contributed by atoms with van der Waals surface area (Å²) in [5.74, 6) is 1.27. The van der Waals surface area contributed by atoms with E-state index in [2.05, 4.69) is 15.3 Å². The van der Waals surface area contributed by atoms with Crippen molar-refractivity contribution in [2.75, 3.05) is 6.54 Å². The Kier molecular flexibility index (Phi) is 4.66. The molecule has 2 aromatic heterocycles. The molecule has 1 atom stereocenters. The Labute approximate surface area is 139 Å². The minimum Gasteiger partial charge on any atom is -0.344 e. The summed E-state index contributed by atoms with van der Waals surface area (Å²) in [6.45, 7) is 4.50. The van der Waals surface area contributed by atoms with Gasteiger partial charge in [0.15, 0.2) is 5.82 Å². The van der Waals surface area contributed by atoms with Crippen LogP contribution in [-0.4, -0.2) is 32.6 Å². The Hall–Kier alpha value is -1.89. The Morgan fingerprint density at radius 2 is 2.22 bits per heavy atom. The van der Waals surface area contributed by atoms with E-state index in [4.69, 9.17) is 20.6 Å². The van der Waals surface area contributed by atoms with E-state index in [1.165, 1.54) is 0 Å². The maximum absolute atomic E-state index is 12.6. The van der Waals surface area contributed by atoms with Gasteiger partial charge in [0.05, 0.1) is 11.7 Å². The van der Waals surface area contributed by atoms with Gasteiger partial charge in [0.25, 0.3) is 0 Å². The smallest absolute Gasteiger partial charge is 0.229 e. The summed E-state index contributed by atoms with van der Waals surface area (Å²) < 4.78 is 10.1. The topological polar surface area (TPSA) is 85.3 Å². The molecule has 0 radical (unpaired) electrons. The van der Waals surface area contributed by atoms with E-state index < -0.39 is 0 Å². The van der Waals surface area contributed by atoms with Crippen LogP contribution < -0.4 is 0 Å². The SMILES string of the molecule is CCc1nc([C@@H]2CCCN2C(=O)CCc2c(C)noc2Cl)no1. The third kappa shape index (κ3) is 3.24. The number of carbonyl (C=O) groups excluding carboxylic acids is 1. The van der Waals surface area contributed by atoms with Gasteiger partial charge in [-0.2, -0.15) is 4.98 Å². The van der Waals surface area contributed by atoms with Crippen molar-refractivity contribution in [2.24, 2.45) is 0 Å². The molecule has 8 heteroatoms. The molecule has 1 aliphatic heterocycles. The van der Waals surface area contributed by atoms with E-state index in [1.807, 2.05) is 18.7 Å². The first kappa shape index (κ1) is 16.0. The van der Waals surface area contributed by atoms with Gasteiger partial charge in [-0.1, -0.05) is 17.2 Å². The summed E-state index contributed by atoms with van der Waals surface area (Å²) in [4.78, 5) is 18.8. The lowest BCUT2D eigenvalue weighted by Crippen LogP contribution is -2.31. The standard InChI is InChI=1S/C15H19ClN4O3/c1-3-12-17-15(19-22-12)11-5-4-8-20(11)13(21)7-6-10-9(2)18-23-14(10)16/h11H,3-8H2,1-2H3/t11-/m0/s1. The largest absolute Gasteiger partial charge is 0.344 e. The van der Waals surface area contributed by atoms with Crippen molar-refractivity contribution in [3.63, 3.8) is 0 Å². The van der Waals surface area contributed by atoms with E-state index in [0.29, 0.717) is 31.0 Å². The average molecular weight is 339 g/mol. The fourth-order valence-electron chi connectivity index (χ4n) is 2.90. The third-order valence-electron chi connectivity index (χ3n) is 4.18. The zero-order chi connectivity index (χ0) is 16.4. The number of hydrogen-bond acceptors (Lipinski definition) is 6. The Morgan fingerprint density at radius 1 is 1.39 bits per heavy atom. The Morgan fingerprint density at radius 3 is 2.87 bits per heavy atom. The molecule has 7 nitrogen and oxygen atoms in total. The quantitative estimate of drug-likeness (QED) is 0.833. The number of aryl methyl sites for hydroxylation is 2. The molecule has 1 fully saturated rings. The van der Waals surface area contributed by atoms with E-state index >= 15 is 0 Å². The molecule has 0 aromatic carbocycles. The highest BCUT2D eigenvalue weighted by Gasteiger charge is 2.33. The van der Waals surface area contributed by atoms with Crippen molar-refractivity contribution in [1.82, 2.24) is 20.2 Å². The van der Waals surface area contributed by atoms with Gasteiger partial charge >= 0.3 is 0 Å². The molecule has 23 heavy (non-hydrogen) atoms. The van der Waals surface area contributed by atoms with Crippen LogP contribution in [-0.2, 0) is 17.6 Å². The number of hydrogen-bond donors (Lipinski definition) is 0. The van der Waals surface area contributed by atoms with Gasteiger partial charge in [-0.15, -0.1) is 0 Å². The maximum Gasteiger partial charge on any atom is 0.229 e. The predicted molar refractivity (Wildman–Crippen MR) is 81.9 cm³/mol. The Balaban J connectivity index is 1.66. The molecule has 1 amide bonds. The summed E-state index contributed by atoms with van der Waals surface area (Å²) in [5, 5.41) is 8.08. The van der Waals surface area contributed by atoms with Crippen LogP contribution in [0, 0.1) is 6.92 Å². The van der Waals surface area contributed by atoms with Crippen molar-refractivity contribution in [1.29, 1.82) is 0 Å². The second-order valence-electron chi connectivity index (χ2n) is 5.67. The summed E-state index contributed by atoms with van der Waals surface area (Å²) in [6, 6.07) is -0.0920. The van der Waals surface area contributed by atoms with Crippen LogP contribution in [0.25, 0.3) is 0 Å². The molecule has 1 saturated heterocycles. The third-order valence-corrected chi connectivity index (χ3v) is 4.48. The summed E-state index contributed by atoms with van der Waals surface area (Å²) in [6.07, 6.45) is 3.37. The van der Waals surface area contributed by atoms with Gasteiger partial charge in [-0.3, -0.25) is 4.79 Å². The second-order valence-corrected chi connectivity index (χ2v) is 6.01. The van der Waals surface area contributed by atoms with E-state index in [0.717, 1.165) is 30.6 Å². The van der Waals surface area contributed by atoms with Crippen LogP contribution >= 0.6 is 11.6 Å². The van der Waals surface area contributed by atoms with Gasteiger partial charge in [-0.25, -0.2) is 0 Å². The van der Waals surface area contributed by atoms with E-state index in [1.54, 1.807) is 0 Å². The second kappa shape index (κ2) is 6.70. The lowest BCUT2D eigenvalue weighted by atomic mass is 10.1. The number of amides is 1. The van der Waals surface area contributed by atoms with Crippen LogP contribution in [0.3, 0.4) is 0 Å². The van der Waals surface area contributed by atoms with Crippen molar-refractivity contribution < 1.29 is 13.8 Å². The number of halogens is 1. The first-order valence-corrected chi connectivity index (χ1v) is 8.20. The van der Waals surface area contributed by atoms with Gasteiger partial charge in [-0.05, 0) is 37.8 Å². The lowest BCUT2D eigenvalue weighted by Gasteiger charge is -2.22. The lowest BCUT2D eigenvalue weighted by molar-refractivity contribution is -0.132. The first-order chi connectivity index (χ1) is 11.1. The zero-order valence-electron chi connectivity index (χ0n) is 13.2. The number of carbonyl (C=O) groups is 1. The molecule has 0 aliphatic carbocycles. The normalized spacial score (nSPS) is 17.9. The summed E-state index contributed by atoms with van der Waals surface area (Å²) >= 11 is 5.95. The van der Waals surface area contributed by atoms with Crippen molar-refractivity contribution in [3.8, 4) is 0 Å². The molecule has 124 valence electrons. The highest BCUT2D eigenvalue weighted by atomic mass is 35.5. The molecule has 1 aliphatic rings. The molecule has 3 rings (SSSR count). The monoisotopic (exact) mass is 338 g/mol. The van der Waals surface area contributed by atoms with Gasteiger partial charge < -0.3 is 13.9 Å². The molecular weight excluding hydrogens is 320 g/mol. The van der Waals surface area contributed by atoms with Crippen LogP contribution in [0.2, 0.25) is 5.22 Å². The summed E-state index contributed by atoms with van der Waals surface area (Å²) in [7, 11) is 0. The maximum atomic E-state index is 12.6. The molecule has 3 heterocycles. The molecular formula is C15H19ClN4O3. The first-order valence-electron chi connectivity index (χ1n) is 7.82. The average Bonchev–Trinajstić information content (AvgIpc) is 3.25. The van der Waals surface area contributed by atoms with Crippen LogP contribution in [0.1, 0.15) is 55.2 Å². The molecule has 0 saturated carbocycles. The molecule has 0 spiro atoms. The van der Waals surface area contributed by atoms with Gasteiger partial charge in [0.2, 0.25) is 17.0 Å². The number of likely N-dealkylation sites (tertiary alicyclic amines) is 1. The number of aromatic nitrogens is 3. The predicted octanol–water partition coefficient (Wildman–Crippen LogP) is 2.88. The van der Waals surface area contributed by atoms with Gasteiger partial charge in [0, 0.05) is 24.9 Å². The number of nitrogens with zero attached hydrogens (tertiary/aromatic N) is 4. The minimum absolute atomic E-state index is 0.0621. The van der Waals surface area contributed by atoms with Crippen molar-refractivity contribution in [3.05, 3.63) is 28.2 Å². The van der Waals surface area contributed by atoms with Crippen molar-refractivity contribution in [2.45, 2.75) is 52.0 Å². The zero-order valence-corrected chi connectivity index (χ0v) is 14.0. The molecule has 2 aromatic rings. The van der Waals surface area contributed by atoms with Crippen LogP contribution in [0.5, 0.6) is 0 Å². The van der Waals surface area contributed by atoms with E-state index in [9.17, 15) is 4.79 Å². The molecule has 0 bridgehead atoms. The van der Waals surface area contributed by atoms with Gasteiger partial charge in [0.1, 0.15) is 0 Å². The molecule has 0 unspecified atom stereocenters. The highest BCUT2D eigenvalue weighted by molar-refractivity contribution is 6.29. The highest BCUT2D eigenvalue weighted by Crippen LogP contribution is 2.31. The van der Waals surface area contributed by atoms with Crippen molar-refractivity contribution >= 4 is 17.5 Å². The molecule has 0 N–H and O–H groups in total. The minimum atomic E-state index is -0.0920. The van der Waals surface area contributed by atoms with Crippen LogP contribution in [0.4, 0.5) is 0 Å². The fraction of sp³-hybridized carbons (Fsp3) is 0.600. The van der Waals surface area contributed by atoms with Crippen LogP contribution in [0.15, 0.2) is 9.05 Å². The summed E-state index contributed by atoms with van der Waals surface area (Å²) in [5.41, 5.74) is 1.52. The Bertz CT molecular complexity index is 677. The fourth-order valence-corrected chi connectivity index (χ4v) is 3.16.